The van der Waals surface area contributed by atoms with Gasteiger partial charge in [-0.25, -0.2) is 9.48 Å². The number of nitrogens with zero attached hydrogens (tertiary/aromatic N) is 4. The topological polar surface area (TPSA) is 95.1 Å². The van der Waals surface area contributed by atoms with Crippen molar-refractivity contribution >= 4 is 23.5 Å². The van der Waals surface area contributed by atoms with Crippen LogP contribution in [0.5, 0.6) is 5.75 Å². The van der Waals surface area contributed by atoms with Crippen LogP contribution in [0, 0.1) is 6.92 Å². The minimum atomic E-state index is -0.710. The zero-order valence-corrected chi connectivity index (χ0v) is 15.4. The molecule has 0 aliphatic rings. The second kappa shape index (κ2) is 7.53. The van der Waals surface area contributed by atoms with Crippen LogP contribution in [0.15, 0.2) is 65.2 Å². The molecule has 0 aliphatic heterocycles. The van der Waals surface area contributed by atoms with Crippen LogP contribution in [0.3, 0.4) is 0 Å². The van der Waals surface area contributed by atoms with Crippen molar-refractivity contribution in [2.45, 2.75) is 6.92 Å². The highest BCUT2D eigenvalue weighted by atomic mass is 35.5. The van der Waals surface area contributed by atoms with E-state index in [9.17, 15) is 4.79 Å². The van der Waals surface area contributed by atoms with Gasteiger partial charge in [0.15, 0.2) is 17.3 Å². The Bertz CT molecular complexity index is 1110. The Morgan fingerprint density at radius 2 is 1.79 bits per heavy atom. The molecule has 0 saturated heterocycles. The van der Waals surface area contributed by atoms with Crippen molar-refractivity contribution in [1.82, 2.24) is 19.9 Å². The summed E-state index contributed by atoms with van der Waals surface area (Å²) in [5.41, 5.74) is 0.933. The Morgan fingerprint density at radius 3 is 2.43 bits per heavy atom. The van der Waals surface area contributed by atoms with Crippen molar-refractivity contribution in [3.63, 3.8) is 0 Å². The second-order valence-corrected chi connectivity index (χ2v) is 6.11. The van der Waals surface area contributed by atoms with Gasteiger partial charge in [-0.1, -0.05) is 53.2 Å². The standard InChI is InChI=1S/C19H14ClN5O3/c1-12-21-18(28-24-12)16-15(20)17(25(23-16)13-8-4-2-5-9-13)22-19(26)27-14-10-6-3-7-11-14/h2-11H,1H3,(H,22,26). The van der Waals surface area contributed by atoms with Crippen LogP contribution >= 0.6 is 11.6 Å². The molecule has 2 aromatic carbocycles. The molecule has 0 spiro atoms. The number of anilines is 1. The molecule has 0 aliphatic carbocycles. The number of nitrogens with one attached hydrogen (secondary N) is 1. The average molecular weight is 396 g/mol. The van der Waals surface area contributed by atoms with Crippen molar-refractivity contribution in [3.8, 4) is 23.0 Å². The first-order chi connectivity index (χ1) is 13.6. The van der Waals surface area contributed by atoms with Crippen molar-refractivity contribution < 1.29 is 14.1 Å². The van der Waals surface area contributed by atoms with Gasteiger partial charge in [-0.3, -0.25) is 5.32 Å². The third kappa shape index (κ3) is 3.58. The van der Waals surface area contributed by atoms with Gasteiger partial charge < -0.3 is 9.26 Å². The Balaban J connectivity index is 1.72. The average Bonchev–Trinajstić information content (AvgIpc) is 3.27. The van der Waals surface area contributed by atoms with Gasteiger partial charge >= 0.3 is 6.09 Å². The van der Waals surface area contributed by atoms with Gasteiger partial charge in [0.05, 0.1) is 5.69 Å². The molecule has 0 unspecified atom stereocenters. The largest absolute Gasteiger partial charge is 0.418 e. The number of hydrogen-bond acceptors (Lipinski definition) is 6. The van der Waals surface area contributed by atoms with Crippen LogP contribution in [0.2, 0.25) is 5.02 Å². The van der Waals surface area contributed by atoms with Gasteiger partial charge in [0, 0.05) is 0 Å². The maximum atomic E-state index is 12.4. The Labute approximate surface area is 164 Å². The monoisotopic (exact) mass is 395 g/mol. The molecule has 0 atom stereocenters. The van der Waals surface area contributed by atoms with E-state index in [0.717, 1.165) is 0 Å². The van der Waals surface area contributed by atoms with Crippen molar-refractivity contribution in [2.24, 2.45) is 0 Å². The normalized spacial score (nSPS) is 10.6. The molecule has 0 fully saturated rings. The molecule has 28 heavy (non-hydrogen) atoms. The Kier molecular flexibility index (Phi) is 4.77. The second-order valence-electron chi connectivity index (χ2n) is 5.73. The maximum Gasteiger partial charge on any atom is 0.418 e. The van der Waals surface area contributed by atoms with Crippen LogP contribution < -0.4 is 10.1 Å². The van der Waals surface area contributed by atoms with Crippen LogP contribution in [-0.2, 0) is 0 Å². The first-order valence-corrected chi connectivity index (χ1v) is 8.68. The maximum absolute atomic E-state index is 12.4. The lowest BCUT2D eigenvalue weighted by molar-refractivity contribution is 0.215. The van der Waals surface area contributed by atoms with E-state index in [4.69, 9.17) is 20.9 Å². The predicted octanol–water partition coefficient (Wildman–Crippen LogP) is 4.50. The highest BCUT2D eigenvalue weighted by molar-refractivity contribution is 6.35. The van der Waals surface area contributed by atoms with Crippen LogP contribution in [0.1, 0.15) is 5.82 Å². The molecule has 140 valence electrons. The summed E-state index contributed by atoms with van der Waals surface area (Å²) < 4.78 is 11.9. The smallest absolute Gasteiger partial charge is 0.410 e. The minimum absolute atomic E-state index is 0.150. The van der Waals surface area contributed by atoms with Gasteiger partial charge in [-0.15, -0.1) is 0 Å². The van der Waals surface area contributed by atoms with E-state index < -0.39 is 6.09 Å². The molecular weight excluding hydrogens is 382 g/mol. The Morgan fingerprint density at radius 1 is 1.11 bits per heavy atom. The number of ether oxygens (including phenoxy) is 1. The van der Waals surface area contributed by atoms with E-state index in [1.807, 2.05) is 36.4 Å². The summed E-state index contributed by atoms with van der Waals surface area (Å²) in [7, 11) is 0. The highest BCUT2D eigenvalue weighted by Crippen LogP contribution is 2.34. The molecule has 2 aromatic heterocycles. The van der Waals surface area contributed by atoms with E-state index in [1.54, 1.807) is 31.2 Å². The molecule has 0 bridgehead atoms. The lowest BCUT2D eigenvalue weighted by Crippen LogP contribution is -2.19. The number of aromatic nitrogens is 4. The first kappa shape index (κ1) is 17.7. The number of halogens is 1. The van der Waals surface area contributed by atoms with E-state index in [-0.39, 0.29) is 22.4 Å². The lowest BCUT2D eigenvalue weighted by atomic mass is 10.3. The molecule has 8 nitrogen and oxygen atoms in total. The van der Waals surface area contributed by atoms with Gasteiger partial charge in [0.2, 0.25) is 0 Å². The summed E-state index contributed by atoms with van der Waals surface area (Å²) in [6.07, 6.45) is -0.710. The summed E-state index contributed by atoms with van der Waals surface area (Å²) in [5.74, 6) is 1.21. The van der Waals surface area contributed by atoms with Gasteiger partial charge in [0.1, 0.15) is 10.8 Å². The minimum Gasteiger partial charge on any atom is -0.410 e. The third-order valence-corrected chi connectivity index (χ3v) is 4.09. The highest BCUT2D eigenvalue weighted by Gasteiger charge is 2.24. The van der Waals surface area contributed by atoms with Crippen molar-refractivity contribution in [2.75, 3.05) is 5.32 Å². The number of benzene rings is 2. The molecule has 0 saturated carbocycles. The third-order valence-electron chi connectivity index (χ3n) is 3.73. The summed E-state index contributed by atoms with van der Waals surface area (Å²) in [6, 6.07) is 17.9. The summed E-state index contributed by atoms with van der Waals surface area (Å²) >= 11 is 6.49. The van der Waals surface area contributed by atoms with Gasteiger partial charge in [0.25, 0.3) is 5.89 Å². The number of rotatable bonds is 4. The summed E-state index contributed by atoms with van der Waals surface area (Å²) in [4.78, 5) is 16.5. The van der Waals surface area contributed by atoms with Crippen LogP contribution in [-0.4, -0.2) is 26.0 Å². The molecule has 4 aromatic rings. The van der Waals surface area contributed by atoms with E-state index in [1.165, 1.54) is 4.68 Å². The number of carbonyl (C=O) groups excluding carboxylic acids is 1. The van der Waals surface area contributed by atoms with E-state index >= 15 is 0 Å². The predicted molar refractivity (Wildman–Crippen MR) is 103 cm³/mol. The quantitative estimate of drug-likeness (QED) is 0.546. The number of aryl methyl sites for hydroxylation is 1. The van der Waals surface area contributed by atoms with Gasteiger partial charge in [-0.2, -0.15) is 10.1 Å². The van der Waals surface area contributed by atoms with Crippen molar-refractivity contribution in [1.29, 1.82) is 0 Å². The SMILES string of the molecule is Cc1noc(-c2nn(-c3ccccc3)c(NC(=O)Oc3ccccc3)c2Cl)n1. The molecule has 0 radical (unpaired) electrons. The fourth-order valence-electron chi connectivity index (χ4n) is 2.51. The number of amides is 1. The molecular formula is C19H14ClN5O3. The fraction of sp³-hybridized carbons (Fsp3) is 0.0526. The first-order valence-electron chi connectivity index (χ1n) is 8.30. The molecule has 4 rings (SSSR count). The lowest BCUT2D eigenvalue weighted by Gasteiger charge is -2.09. The van der Waals surface area contributed by atoms with Crippen LogP contribution in [0.4, 0.5) is 10.6 Å². The van der Waals surface area contributed by atoms with Gasteiger partial charge in [-0.05, 0) is 31.2 Å². The fourth-order valence-corrected chi connectivity index (χ4v) is 2.76. The zero-order chi connectivity index (χ0) is 19.5. The van der Waals surface area contributed by atoms with Crippen molar-refractivity contribution in [3.05, 3.63) is 71.5 Å². The Hall–Kier alpha value is -3.65. The number of para-hydroxylation sites is 2. The van der Waals surface area contributed by atoms with E-state index in [0.29, 0.717) is 17.3 Å². The number of hydrogen-bond donors (Lipinski definition) is 1. The summed E-state index contributed by atoms with van der Waals surface area (Å²) in [6.45, 7) is 1.69. The zero-order valence-electron chi connectivity index (χ0n) is 14.7. The summed E-state index contributed by atoms with van der Waals surface area (Å²) in [5, 5.41) is 11.0. The van der Waals surface area contributed by atoms with Crippen LogP contribution in [0.25, 0.3) is 17.3 Å². The molecule has 1 N–H and O–H groups in total. The number of carbonyl (C=O) groups is 1. The molecule has 1 amide bonds. The molecule has 2 heterocycles. The van der Waals surface area contributed by atoms with E-state index in [2.05, 4.69) is 20.6 Å². The molecule has 9 heteroatoms.